The van der Waals surface area contributed by atoms with E-state index in [0.717, 1.165) is 18.6 Å². The molecule has 2 N–H and O–H groups in total. The van der Waals surface area contributed by atoms with Crippen molar-refractivity contribution in [1.82, 2.24) is 0 Å². The summed E-state index contributed by atoms with van der Waals surface area (Å²) in [7, 11) is 0. The lowest BCUT2D eigenvalue weighted by molar-refractivity contribution is 1.06. The van der Waals surface area contributed by atoms with Crippen molar-refractivity contribution in [2.45, 2.75) is 6.54 Å². The van der Waals surface area contributed by atoms with E-state index in [2.05, 4.69) is 38.5 Å². The molecule has 0 bridgehead atoms. The third-order valence-electron chi connectivity index (χ3n) is 1.29. The summed E-state index contributed by atoms with van der Waals surface area (Å²) in [6.45, 7) is 0.525. The van der Waals surface area contributed by atoms with Crippen LogP contribution in [-0.4, -0.2) is 0 Å². The standard InChI is InChI=1S/C7H6BrClIN/c8-5-1-4(3-11)7(10)6(9)2-5/h1-2H,3,11H2. The van der Waals surface area contributed by atoms with Crippen LogP contribution in [0.3, 0.4) is 0 Å². The highest BCUT2D eigenvalue weighted by Gasteiger charge is 2.03. The summed E-state index contributed by atoms with van der Waals surface area (Å²) in [5.74, 6) is 0. The molecule has 11 heavy (non-hydrogen) atoms. The Balaban J connectivity index is 3.24. The first-order valence-corrected chi connectivity index (χ1v) is 5.23. The van der Waals surface area contributed by atoms with E-state index in [1.165, 1.54) is 0 Å². The summed E-state index contributed by atoms with van der Waals surface area (Å²) in [6, 6.07) is 3.84. The Morgan fingerprint density at radius 2 is 2.18 bits per heavy atom. The molecule has 1 aromatic carbocycles. The molecule has 0 aliphatic heterocycles. The minimum atomic E-state index is 0.525. The molecule has 0 radical (unpaired) electrons. The van der Waals surface area contributed by atoms with Gasteiger partial charge in [-0.2, -0.15) is 0 Å². The van der Waals surface area contributed by atoms with Crippen molar-refractivity contribution >= 4 is 50.1 Å². The van der Waals surface area contributed by atoms with Crippen LogP contribution in [-0.2, 0) is 6.54 Å². The average molecular weight is 346 g/mol. The summed E-state index contributed by atoms with van der Waals surface area (Å²) in [6.07, 6.45) is 0. The second-order valence-electron chi connectivity index (χ2n) is 2.06. The number of rotatable bonds is 1. The van der Waals surface area contributed by atoms with E-state index < -0.39 is 0 Å². The Morgan fingerprint density at radius 1 is 1.55 bits per heavy atom. The van der Waals surface area contributed by atoms with Crippen LogP contribution in [0, 0.1) is 3.57 Å². The van der Waals surface area contributed by atoms with E-state index in [4.69, 9.17) is 17.3 Å². The molecule has 0 heterocycles. The maximum atomic E-state index is 5.90. The van der Waals surface area contributed by atoms with Gasteiger partial charge in [0, 0.05) is 14.6 Å². The highest BCUT2D eigenvalue weighted by molar-refractivity contribution is 14.1. The molecule has 0 atom stereocenters. The first-order valence-electron chi connectivity index (χ1n) is 2.98. The quantitative estimate of drug-likeness (QED) is 0.613. The Morgan fingerprint density at radius 3 is 2.73 bits per heavy atom. The number of hydrogen-bond acceptors (Lipinski definition) is 1. The zero-order valence-electron chi connectivity index (χ0n) is 5.57. The van der Waals surface area contributed by atoms with E-state index in [-0.39, 0.29) is 0 Å². The predicted octanol–water partition coefficient (Wildman–Crippen LogP) is 3.17. The molecule has 1 rings (SSSR count). The molecule has 60 valence electrons. The van der Waals surface area contributed by atoms with Crippen molar-refractivity contribution in [2.24, 2.45) is 5.73 Å². The third kappa shape index (κ3) is 2.31. The fraction of sp³-hybridized carbons (Fsp3) is 0.143. The predicted molar refractivity (Wildman–Crippen MR) is 59.8 cm³/mol. The molecular weight excluding hydrogens is 340 g/mol. The molecule has 0 fully saturated rings. The molecular formula is C7H6BrClIN. The van der Waals surface area contributed by atoms with Crippen LogP contribution < -0.4 is 5.73 Å². The van der Waals surface area contributed by atoms with Gasteiger partial charge in [-0.05, 0) is 40.3 Å². The second kappa shape index (κ2) is 4.07. The number of hydrogen-bond donors (Lipinski definition) is 1. The van der Waals surface area contributed by atoms with Gasteiger partial charge in [-0.15, -0.1) is 0 Å². The lowest BCUT2D eigenvalue weighted by Crippen LogP contribution is -1.99. The SMILES string of the molecule is NCc1cc(Br)cc(Cl)c1I. The van der Waals surface area contributed by atoms with Gasteiger partial charge in [0.25, 0.3) is 0 Å². The molecule has 1 nitrogen and oxygen atoms in total. The molecule has 4 heteroatoms. The van der Waals surface area contributed by atoms with Gasteiger partial charge in [0.2, 0.25) is 0 Å². The Hall–Kier alpha value is 0.680. The minimum absolute atomic E-state index is 0.525. The average Bonchev–Trinajstić information content (AvgIpc) is 1.96. The van der Waals surface area contributed by atoms with Gasteiger partial charge in [-0.3, -0.25) is 0 Å². The van der Waals surface area contributed by atoms with Gasteiger partial charge in [0.1, 0.15) is 0 Å². The zero-order chi connectivity index (χ0) is 8.43. The summed E-state index contributed by atoms with van der Waals surface area (Å²) in [5.41, 5.74) is 6.58. The van der Waals surface area contributed by atoms with Gasteiger partial charge in [0.05, 0.1) is 5.02 Å². The second-order valence-corrected chi connectivity index (χ2v) is 4.47. The fourth-order valence-corrected chi connectivity index (χ4v) is 2.17. The maximum absolute atomic E-state index is 5.90. The molecule has 0 spiro atoms. The van der Waals surface area contributed by atoms with Crippen LogP contribution in [0.4, 0.5) is 0 Å². The first-order chi connectivity index (χ1) is 5.15. The van der Waals surface area contributed by atoms with E-state index in [1.54, 1.807) is 0 Å². The molecule has 0 unspecified atom stereocenters. The highest BCUT2D eigenvalue weighted by Crippen LogP contribution is 2.26. The largest absolute Gasteiger partial charge is 0.326 e. The fourth-order valence-electron chi connectivity index (χ4n) is 0.758. The topological polar surface area (TPSA) is 26.0 Å². The lowest BCUT2D eigenvalue weighted by atomic mass is 10.2. The van der Waals surface area contributed by atoms with Gasteiger partial charge in [0.15, 0.2) is 0 Å². The number of halogens is 3. The highest BCUT2D eigenvalue weighted by atomic mass is 127. The van der Waals surface area contributed by atoms with Crippen molar-refractivity contribution in [3.8, 4) is 0 Å². The molecule has 1 aromatic rings. The lowest BCUT2D eigenvalue weighted by Gasteiger charge is -2.03. The molecule has 0 aliphatic rings. The molecule has 0 aliphatic carbocycles. The van der Waals surface area contributed by atoms with Crippen molar-refractivity contribution in [3.05, 3.63) is 30.8 Å². The van der Waals surface area contributed by atoms with Crippen molar-refractivity contribution < 1.29 is 0 Å². The van der Waals surface area contributed by atoms with Crippen LogP contribution in [0.2, 0.25) is 5.02 Å². The third-order valence-corrected chi connectivity index (χ3v) is 3.64. The Kier molecular flexibility index (Phi) is 3.61. The van der Waals surface area contributed by atoms with E-state index in [9.17, 15) is 0 Å². The zero-order valence-corrected chi connectivity index (χ0v) is 10.1. The van der Waals surface area contributed by atoms with E-state index in [0.29, 0.717) is 6.54 Å². The van der Waals surface area contributed by atoms with Gasteiger partial charge in [-0.25, -0.2) is 0 Å². The summed E-state index contributed by atoms with van der Waals surface area (Å²) in [4.78, 5) is 0. The van der Waals surface area contributed by atoms with Gasteiger partial charge >= 0.3 is 0 Å². The molecule has 0 saturated carbocycles. The van der Waals surface area contributed by atoms with Gasteiger partial charge in [-0.1, -0.05) is 27.5 Å². The maximum Gasteiger partial charge on any atom is 0.0553 e. The summed E-state index contributed by atoms with van der Waals surface area (Å²) in [5, 5.41) is 0.750. The van der Waals surface area contributed by atoms with Crippen LogP contribution in [0.1, 0.15) is 5.56 Å². The molecule has 0 aromatic heterocycles. The minimum Gasteiger partial charge on any atom is -0.326 e. The normalized spacial score (nSPS) is 10.2. The monoisotopic (exact) mass is 345 g/mol. The Labute approximate surface area is 92.6 Å². The van der Waals surface area contributed by atoms with Crippen molar-refractivity contribution in [2.75, 3.05) is 0 Å². The van der Waals surface area contributed by atoms with Crippen LogP contribution in [0.5, 0.6) is 0 Å². The number of benzene rings is 1. The number of nitrogens with two attached hydrogens (primary N) is 1. The van der Waals surface area contributed by atoms with Crippen LogP contribution in [0.15, 0.2) is 16.6 Å². The smallest absolute Gasteiger partial charge is 0.0553 e. The van der Waals surface area contributed by atoms with Crippen molar-refractivity contribution in [3.63, 3.8) is 0 Å². The summed E-state index contributed by atoms with van der Waals surface area (Å²) < 4.78 is 2.01. The molecule has 0 saturated heterocycles. The van der Waals surface area contributed by atoms with Crippen LogP contribution in [0.25, 0.3) is 0 Å². The van der Waals surface area contributed by atoms with E-state index in [1.807, 2.05) is 12.1 Å². The Bertz CT molecular complexity index is 277. The summed E-state index contributed by atoms with van der Waals surface area (Å²) >= 11 is 11.4. The van der Waals surface area contributed by atoms with Crippen molar-refractivity contribution in [1.29, 1.82) is 0 Å². The molecule has 0 amide bonds. The first kappa shape index (κ1) is 9.77. The van der Waals surface area contributed by atoms with Gasteiger partial charge < -0.3 is 5.73 Å². The van der Waals surface area contributed by atoms with E-state index >= 15 is 0 Å². The van der Waals surface area contributed by atoms with Crippen LogP contribution >= 0.6 is 50.1 Å².